The molecule has 4 nitrogen and oxygen atoms in total. The van der Waals surface area contributed by atoms with E-state index in [-0.39, 0.29) is 12.0 Å². The molecule has 0 bridgehead atoms. The van der Waals surface area contributed by atoms with Gasteiger partial charge in [0.25, 0.3) is 0 Å². The van der Waals surface area contributed by atoms with Gasteiger partial charge in [0.05, 0.1) is 12.6 Å². The van der Waals surface area contributed by atoms with Crippen molar-refractivity contribution in [1.29, 1.82) is 0 Å². The van der Waals surface area contributed by atoms with Crippen molar-refractivity contribution in [1.82, 2.24) is 10.2 Å². The summed E-state index contributed by atoms with van der Waals surface area (Å²) < 4.78 is 0. The van der Waals surface area contributed by atoms with Gasteiger partial charge in [-0.15, -0.1) is 0 Å². The van der Waals surface area contributed by atoms with Gasteiger partial charge in [0.1, 0.15) is 0 Å². The first-order chi connectivity index (χ1) is 10.1. The minimum absolute atomic E-state index is 0.0741. The lowest BCUT2D eigenvalue weighted by atomic mass is 10.00. The molecule has 4 heteroatoms. The highest BCUT2D eigenvalue weighted by atomic mass is 16.3. The first-order valence-corrected chi connectivity index (χ1v) is 7.84. The highest BCUT2D eigenvalue weighted by Gasteiger charge is 2.41. The lowest BCUT2D eigenvalue weighted by Gasteiger charge is -2.17. The van der Waals surface area contributed by atoms with Crippen LogP contribution in [0.5, 0.6) is 0 Å². The van der Waals surface area contributed by atoms with E-state index in [2.05, 4.69) is 29.3 Å². The van der Waals surface area contributed by atoms with Gasteiger partial charge in [-0.3, -0.25) is 9.69 Å². The van der Waals surface area contributed by atoms with E-state index in [0.717, 1.165) is 31.5 Å². The normalized spacial score (nSPS) is 28.6. The predicted molar refractivity (Wildman–Crippen MR) is 81.7 cm³/mol. The van der Waals surface area contributed by atoms with E-state index in [1.807, 2.05) is 12.1 Å². The van der Waals surface area contributed by atoms with E-state index >= 15 is 0 Å². The minimum Gasteiger partial charge on any atom is -0.393 e. The number of aliphatic hydroxyl groups excluding tert-OH is 1. The summed E-state index contributed by atoms with van der Waals surface area (Å²) in [4.78, 5) is 14.2. The van der Waals surface area contributed by atoms with Gasteiger partial charge in [0, 0.05) is 25.6 Å². The molecular formula is C17H24N2O2. The van der Waals surface area contributed by atoms with Crippen molar-refractivity contribution >= 4 is 5.91 Å². The fourth-order valence-electron chi connectivity index (χ4n) is 3.62. The van der Waals surface area contributed by atoms with Crippen molar-refractivity contribution in [3.63, 3.8) is 0 Å². The molecule has 0 aromatic heterocycles. The molecule has 1 saturated carbocycles. The molecule has 1 aromatic carbocycles. The molecule has 2 N–H and O–H groups in total. The van der Waals surface area contributed by atoms with E-state index in [4.69, 9.17) is 0 Å². The summed E-state index contributed by atoms with van der Waals surface area (Å²) in [5.74, 6) is 1.05. The number of carbonyl (C=O) groups is 1. The Morgan fingerprint density at radius 3 is 2.76 bits per heavy atom. The number of nitrogens with zero attached hydrogens (tertiary/aromatic N) is 1. The third-order valence-corrected chi connectivity index (χ3v) is 4.87. The number of hydrogen-bond donors (Lipinski definition) is 2. The summed E-state index contributed by atoms with van der Waals surface area (Å²) in [5, 5.41) is 12.9. The molecule has 3 atom stereocenters. The van der Waals surface area contributed by atoms with Crippen molar-refractivity contribution in [2.24, 2.45) is 11.8 Å². The van der Waals surface area contributed by atoms with Crippen molar-refractivity contribution in [3.05, 3.63) is 35.4 Å². The molecule has 3 unspecified atom stereocenters. The van der Waals surface area contributed by atoms with Crippen LogP contribution in [0.2, 0.25) is 0 Å². The smallest absolute Gasteiger partial charge is 0.234 e. The number of carbonyl (C=O) groups excluding carboxylic acids is 1. The van der Waals surface area contributed by atoms with Crippen molar-refractivity contribution in [2.45, 2.75) is 32.4 Å². The number of fused-ring (bicyclic) bond motifs is 1. The molecule has 1 saturated heterocycles. The predicted octanol–water partition coefficient (Wildman–Crippen LogP) is 1.31. The largest absolute Gasteiger partial charge is 0.393 e. The summed E-state index contributed by atoms with van der Waals surface area (Å²) in [7, 11) is 0. The molecule has 2 fully saturated rings. The van der Waals surface area contributed by atoms with Crippen LogP contribution >= 0.6 is 0 Å². The molecule has 1 aromatic rings. The van der Waals surface area contributed by atoms with Gasteiger partial charge < -0.3 is 10.4 Å². The van der Waals surface area contributed by atoms with Crippen molar-refractivity contribution in [3.8, 4) is 0 Å². The summed E-state index contributed by atoms with van der Waals surface area (Å²) in [5.41, 5.74) is 2.36. The summed E-state index contributed by atoms with van der Waals surface area (Å²) in [6.45, 7) is 4.92. The van der Waals surface area contributed by atoms with Gasteiger partial charge in [0.2, 0.25) is 5.91 Å². The SMILES string of the molecule is Cc1ccc(CNC(=O)CN2CC3CCC(O)C3C2)cc1. The van der Waals surface area contributed by atoms with Gasteiger partial charge >= 0.3 is 0 Å². The zero-order valence-corrected chi connectivity index (χ0v) is 12.6. The maximum atomic E-state index is 12.0. The molecule has 1 aliphatic heterocycles. The lowest BCUT2D eigenvalue weighted by Crippen LogP contribution is -2.36. The number of hydrogen-bond acceptors (Lipinski definition) is 3. The summed E-state index contributed by atoms with van der Waals surface area (Å²) >= 11 is 0. The van der Waals surface area contributed by atoms with E-state index in [1.54, 1.807) is 0 Å². The minimum atomic E-state index is -0.157. The summed E-state index contributed by atoms with van der Waals surface area (Å²) in [6.07, 6.45) is 1.88. The van der Waals surface area contributed by atoms with Gasteiger partial charge in [-0.1, -0.05) is 29.8 Å². The second-order valence-corrected chi connectivity index (χ2v) is 6.53. The van der Waals surface area contributed by atoms with Crippen LogP contribution in [0.3, 0.4) is 0 Å². The van der Waals surface area contributed by atoms with E-state index in [0.29, 0.717) is 24.9 Å². The van der Waals surface area contributed by atoms with E-state index < -0.39 is 0 Å². The van der Waals surface area contributed by atoms with Crippen LogP contribution in [-0.4, -0.2) is 41.7 Å². The van der Waals surface area contributed by atoms with Crippen LogP contribution in [-0.2, 0) is 11.3 Å². The van der Waals surface area contributed by atoms with Crippen LogP contribution in [0.15, 0.2) is 24.3 Å². The van der Waals surface area contributed by atoms with Crippen LogP contribution in [0, 0.1) is 18.8 Å². The molecule has 0 radical (unpaired) electrons. The molecule has 3 rings (SSSR count). The molecule has 21 heavy (non-hydrogen) atoms. The Morgan fingerprint density at radius 1 is 1.29 bits per heavy atom. The highest BCUT2D eigenvalue weighted by molar-refractivity contribution is 5.78. The molecular weight excluding hydrogens is 264 g/mol. The molecule has 2 aliphatic rings. The van der Waals surface area contributed by atoms with Gasteiger partial charge in [-0.05, 0) is 31.2 Å². The topological polar surface area (TPSA) is 52.6 Å². The quantitative estimate of drug-likeness (QED) is 0.878. The Morgan fingerprint density at radius 2 is 2.05 bits per heavy atom. The second-order valence-electron chi connectivity index (χ2n) is 6.53. The summed E-state index contributed by atoms with van der Waals surface area (Å²) in [6, 6.07) is 8.22. The van der Waals surface area contributed by atoms with Gasteiger partial charge in [-0.25, -0.2) is 0 Å². The number of nitrogens with one attached hydrogen (secondary N) is 1. The van der Waals surface area contributed by atoms with Crippen LogP contribution in [0.25, 0.3) is 0 Å². The second kappa shape index (κ2) is 6.16. The first-order valence-electron chi connectivity index (χ1n) is 7.84. The number of aliphatic hydroxyl groups is 1. The molecule has 0 spiro atoms. The Balaban J connectivity index is 1.44. The standard InChI is InChI=1S/C17H24N2O2/c1-12-2-4-13(5-3-12)8-18-17(21)11-19-9-14-6-7-16(20)15(14)10-19/h2-5,14-16,20H,6-11H2,1H3,(H,18,21). The molecule has 1 amide bonds. The maximum absolute atomic E-state index is 12.0. The molecule has 1 aliphatic carbocycles. The number of likely N-dealkylation sites (tertiary alicyclic amines) is 1. The van der Waals surface area contributed by atoms with Crippen LogP contribution in [0.4, 0.5) is 0 Å². The Labute approximate surface area is 126 Å². The number of amides is 1. The highest BCUT2D eigenvalue weighted by Crippen LogP contribution is 2.37. The fraction of sp³-hybridized carbons (Fsp3) is 0.588. The average molecular weight is 288 g/mol. The average Bonchev–Trinajstić information content (AvgIpc) is 3.00. The molecule has 1 heterocycles. The zero-order valence-electron chi connectivity index (χ0n) is 12.6. The van der Waals surface area contributed by atoms with Gasteiger partial charge in [0.15, 0.2) is 0 Å². The third kappa shape index (κ3) is 3.44. The van der Waals surface area contributed by atoms with Gasteiger partial charge in [-0.2, -0.15) is 0 Å². The number of rotatable bonds is 4. The Bertz CT molecular complexity index is 500. The maximum Gasteiger partial charge on any atom is 0.234 e. The Kier molecular flexibility index (Phi) is 4.27. The zero-order chi connectivity index (χ0) is 14.8. The van der Waals surface area contributed by atoms with E-state index in [9.17, 15) is 9.90 Å². The van der Waals surface area contributed by atoms with Crippen molar-refractivity contribution < 1.29 is 9.90 Å². The lowest BCUT2D eigenvalue weighted by molar-refractivity contribution is -0.122. The third-order valence-electron chi connectivity index (χ3n) is 4.87. The Hall–Kier alpha value is -1.39. The fourth-order valence-corrected chi connectivity index (χ4v) is 3.62. The van der Waals surface area contributed by atoms with Crippen LogP contribution < -0.4 is 5.32 Å². The number of benzene rings is 1. The van der Waals surface area contributed by atoms with Crippen molar-refractivity contribution in [2.75, 3.05) is 19.6 Å². The van der Waals surface area contributed by atoms with Crippen LogP contribution in [0.1, 0.15) is 24.0 Å². The monoisotopic (exact) mass is 288 g/mol. The van der Waals surface area contributed by atoms with E-state index in [1.165, 1.54) is 5.56 Å². The molecule has 114 valence electrons. The first kappa shape index (κ1) is 14.5. The number of aryl methyl sites for hydroxylation is 1.